The number of thiophene rings is 1. The average molecular weight is 426 g/mol. The molecule has 0 saturated heterocycles. The number of hydrogen-bond donors (Lipinski definition) is 3. The zero-order valence-corrected chi connectivity index (χ0v) is 17.7. The summed E-state index contributed by atoms with van der Waals surface area (Å²) in [5.41, 5.74) is 5.49. The second kappa shape index (κ2) is 9.44. The largest absolute Gasteiger partial charge is 0.380 e. The summed E-state index contributed by atoms with van der Waals surface area (Å²) in [6.45, 7) is 3.20. The van der Waals surface area contributed by atoms with Gasteiger partial charge in [0, 0.05) is 17.0 Å². The Morgan fingerprint density at radius 1 is 1.03 bits per heavy atom. The van der Waals surface area contributed by atoms with Gasteiger partial charge in [0.2, 0.25) is 0 Å². The van der Waals surface area contributed by atoms with Crippen LogP contribution in [0.5, 0.6) is 0 Å². The number of carbonyl (C=O) groups excluding carboxylic acids is 1. The summed E-state index contributed by atoms with van der Waals surface area (Å²) in [4.78, 5) is 13.5. The lowest BCUT2D eigenvalue weighted by molar-refractivity contribution is 0.0951. The van der Waals surface area contributed by atoms with Crippen LogP contribution in [0.3, 0.4) is 0 Å². The van der Waals surface area contributed by atoms with Crippen molar-refractivity contribution in [1.29, 1.82) is 0 Å². The van der Waals surface area contributed by atoms with Crippen molar-refractivity contribution in [2.24, 2.45) is 0 Å². The zero-order valence-electron chi connectivity index (χ0n) is 16.1. The molecule has 1 aliphatic heterocycles. The summed E-state index contributed by atoms with van der Waals surface area (Å²) in [5, 5.41) is 12.7. The standard InChI is InChI=1S/C23H24ClN3OS/c24-21-8-7-17-9-11-25-12-10-20(17)22(21)26-14-16-3-5-18(6-4-16)23(28)27-15-19-2-1-13-29-19/h1-8,13,25-26H,9-12,14-15H2,(H,27,28). The predicted molar refractivity (Wildman–Crippen MR) is 121 cm³/mol. The Labute approximate surface area is 180 Å². The first-order valence-electron chi connectivity index (χ1n) is 9.85. The molecule has 3 N–H and O–H groups in total. The Morgan fingerprint density at radius 3 is 2.66 bits per heavy atom. The Bertz CT molecular complexity index is 971. The molecule has 6 heteroatoms. The van der Waals surface area contributed by atoms with Crippen molar-refractivity contribution >= 4 is 34.5 Å². The molecule has 4 rings (SSSR count). The van der Waals surface area contributed by atoms with Crippen LogP contribution < -0.4 is 16.0 Å². The van der Waals surface area contributed by atoms with Gasteiger partial charge in [0.1, 0.15) is 0 Å². The fourth-order valence-corrected chi connectivity index (χ4v) is 4.47. The fraction of sp³-hybridized carbons (Fsp3) is 0.261. The van der Waals surface area contributed by atoms with E-state index >= 15 is 0 Å². The molecule has 1 aromatic heterocycles. The first-order chi connectivity index (χ1) is 14.2. The summed E-state index contributed by atoms with van der Waals surface area (Å²) in [6, 6.07) is 15.9. The minimum Gasteiger partial charge on any atom is -0.380 e. The summed E-state index contributed by atoms with van der Waals surface area (Å²) >= 11 is 8.13. The minimum absolute atomic E-state index is 0.0539. The minimum atomic E-state index is -0.0539. The normalized spacial score (nSPS) is 13.4. The molecule has 0 bridgehead atoms. The van der Waals surface area contributed by atoms with E-state index in [4.69, 9.17) is 11.6 Å². The second-order valence-corrected chi connectivity index (χ2v) is 8.56. The Morgan fingerprint density at radius 2 is 1.86 bits per heavy atom. The number of carbonyl (C=O) groups is 1. The topological polar surface area (TPSA) is 53.2 Å². The molecule has 1 aliphatic rings. The maximum atomic E-state index is 12.3. The molecule has 0 atom stereocenters. The number of benzene rings is 2. The van der Waals surface area contributed by atoms with E-state index in [2.05, 4.69) is 22.0 Å². The van der Waals surface area contributed by atoms with Gasteiger partial charge in [0.25, 0.3) is 5.91 Å². The molecule has 1 amide bonds. The molecular formula is C23H24ClN3OS. The highest BCUT2D eigenvalue weighted by Gasteiger charge is 2.14. The smallest absolute Gasteiger partial charge is 0.251 e. The SMILES string of the molecule is O=C(NCc1cccs1)c1ccc(CNc2c(Cl)ccc3c2CCNCC3)cc1. The van der Waals surface area contributed by atoms with Gasteiger partial charge in [0.05, 0.1) is 17.3 Å². The Balaban J connectivity index is 1.39. The predicted octanol–water partition coefficient (Wildman–Crippen LogP) is 4.63. The van der Waals surface area contributed by atoms with Crippen LogP contribution in [-0.4, -0.2) is 19.0 Å². The molecule has 0 unspecified atom stereocenters. The van der Waals surface area contributed by atoms with E-state index in [1.807, 2.05) is 47.8 Å². The molecule has 29 heavy (non-hydrogen) atoms. The zero-order chi connectivity index (χ0) is 20.1. The van der Waals surface area contributed by atoms with Gasteiger partial charge in [-0.3, -0.25) is 4.79 Å². The van der Waals surface area contributed by atoms with Crippen molar-refractivity contribution in [2.45, 2.75) is 25.9 Å². The van der Waals surface area contributed by atoms with E-state index in [0.29, 0.717) is 18.7 Å². The molecule has 150 valence electrons. The molecule has 2 aromatic carbocycles. The van der Waals surface area contributed by atoms with Gasteiger partial charge < -0.3 is 16.0 Å². The average Bonchev–Trinajstić information content (AvgIpc) is 3.15. The van der Waals surface area contributed by atoms with Crippen LogP contribution in [0.2, 0.25) is 5.02 Å². The van der Waals surface area contributed by atoms with Gasteiger partial charge in [-0.15, -0.1) is 11.3 Å². The lowest BCUT2D eigenvalue weighted by atomic mass is 10.0. The molecular weight excluding hydrogens is 402 g/mol. The summed E-state index contributed by atoms with van der Waals surface area (Å²) in [7, 11) is 0. The van der Waals surface area contributed by atoms with Crippen molar-refractivity contribution in [3.8, 4) is 0 Å². The number of anilines is 1. The van der Waals surface area contributed by atoms with Crippen LogP contribution in [0.15, 0.2) is 53.9 Å². The lowest BCUT2D eigenvalue weighted by Crippen LogP contribution is -2.22. The van der Waals surface area contributed by atoms with E-state index in [0.717, 1.165) is 47.1 Å². The van der Waals surface area contributed by atoms with Gasteiger partial charge in [-0.2, -0.15) is 0 Å². The van der Waals surface area contributed by atoms with E-state index in [-0.39, 0.29) is 5.91 Å². The third kappa shape index (κ3) is 4.99. The van der Waals surface area contributed by atoms with Gasteiger partial charge in [0.15, 0.2) is 0 Å². The second-order valence-electron chi connectivity index (χ2n) is 7.12. The van der Waals surface area contributed by atoms with Gasteiger partial charge in [-0.05, 0) is 72.3 Å². The number of fused-ring (bicyclic) bond motifs is 1. The highest BCUT2D eigenvalue weighted by molar-refractivity contribution is 7.09. The highest BCUT2D eigenvalue weighted by atomic mass is 35.5. The van der Waals surface area contributed by atoms with Crippen LogP contribution in [-0.2, 0) is 25.9 Å². The maximum Gasteiger partial charge on any atom is 0.251 e. The first-order valence-corrected chi connectivity index (χ1v) is 11.1. The van der Waals surface area contributed by atoms with Crippen LogP contribution in [0, 0.1) is 0 Å². The number of rotatable bonds is 6. The van der Waals surface area contributed by atoms with Crippen molar-refractivity contribution in [1.82, 2.24) is 10.6 Å². The highest BCUT2D eigenvalue weighted by Crippen LogP contribution is 2.31. The number of nitrogens with one attached hydrogen (secondary N) is 3. The van der Waals surface area contributed by atoms with Crippen LogP contribution >= 0.6 is 22.9 Å². The van der Waals surface area contributed by atoms with E-state index in [1.54, 1.807) is 11.3 Å². The van der Waals surface area contributed by atoms with Crippen molar-refractivity contribution in [2.75, 3.05) is 18.4 Å². The van der Waals surface area contributed by atoms with Crippen molar-refractivity contribution in [3.05, 3.63) is 86.1 Å². The van der Waals surface area contributed by atoms with Gasteiger partial charge in [-0.1, -0.05) is 35.9 Å². The summed E-state index contributed by atoms with van der Waals surface area (Å²) < 4.78 is 0. The van der Waals surface area contributed by atoms with E-state index in [9.17, 15) is 4.79 Å². The maximum absolute atomic E-state index is 12.3. The molecule has 0 radical (unpaired) electrons. The molecule has 0 spiro atoms. The Kier molecular flexibility index (Phi) is 6.49. The molecule has 0 fully saturated rings. The number of hydrogen-bond acceptors (Lipinski definition) is 4. The molecule has 0 aliphatic carbocycles. The first kappa shape index (κ1) is 20.0. The van der Waals surface area contributed by atoms with Crippen molar-refractivity contribution < 1.29 is 4.79 Å². The molecule has 4 nitrogen and oxygen atoms in total. The van der Waals surface area contributed by atoms with E-state index < -0.39 is 0 Å². The third-order valence-corrected chi connectivity index (χ3v) is 6.36. The Hall–Kier alpha value is -2.34. The quantitative estimate of drug-likeness (QED) is 0.539. The number of amides is 1. The van der Waals surface area contributed by atoms with Crippen LogP contribution in [0.1, 0.15) is 31.9 Å². The van der Waals surface area contributed by atoms with Crippen LogP contribution in [0.25, 0.3) is 0 Å². The molecule has 0 saturated carbocycles. The monoisotopic (exact) mass is 425 g/mol. The lowest BCUT2D eigenvalue weighted by Gasteiger charge is -2.16. The fourth-order valence-electron chi connectivity index (χ4n) is 3.58. The van der Waals surface area contributed by atoms with Gasteiger partial charge in [-0.25, -0.2) is 0 Å². The number of halogens is 1. The third-order valence-electron chi connectivity index (χ3n) is 5.17. The molecule has 3 aromatic rings. The summed E-state index contributed by atoms with van der Waals surface area (Å²) in [6.07, 6.45) is 2.00. The summed E-state index contributed by atoms with van der Waals surface area (Å²) in [5.74, 6) is -0.0539. The van der Waals surface area contributed by atoms with Crippen molar-refractivity contribution in [3.63, 3.8) is 0 Å². The molecule has 2 heterocycles. The van der Waals surface area contributed by atoms with Crippen LogP contribution in [0.4, 0.5) is 5.69 Å². The van der Waals surface area contributed by atoms with Gasteiger partial charge >= 0.3 is 0 Å². The van der Waals surface area contributed by atoms with E-state index in [1.165, 1.54) is 11.1 Å².